The number of rotatable bonds is 3. The van der Waals surface area contributed by atoms with Gasteiger partial charge in [-0.1, -0.05) is 15.9 Å². The molecule has 0 atom stereocenters. The first-order valence-corrected chi connectivity index (χ1v) is 7.11. The summed E-state index contributed by atoms with van der Waals surface area (Å²) < 4.78 is 0.716. The third-order valence-electron chi connectivity index (χ3n) is 2.45. The highest BCUT2D eigenvalue weighted by atomic mass is 79.9. The number of hydrogen-bond acceptors (Lipinski definition) is 4. The van der Waals surface area contributed by atoms with Gasteiger partial charge in [0.2, 0.25) is 0 Å². The molecule has 4 nitrogen and oxygen atoms in total. The number of halogens is 1. The number of carbonyl (C=O) groups is 1. The second kappa shape index (κ2) is 5.99. The van der Waals surface area contributed by atoms with E-state index in [2.05, 4.69) is 26.5 Å². The van der Waals surface area contributed by atoms with Gasteiger partial charge >= 0.3 is 0 Å². The van der Waals surface area contributed by atoms with Crippen molar-refractivity contribution in [3.63, 3.8) is 0 Å². The van der Waals surface area contributed by atoms with Crippen LogP contribution in [0.3, 0.4) is 0 Å². The molecule has 1 aromatic carbocycles. The molecule has 0 aliphatic heterocycles. The lowest BCUT2D eigenvalue weighted by Gasteiger charge is -2.03. The van der Waals surface area contributed by atoms with Crippen LogP contribution in [0.2, 0.25) is 0 Å². The Bertz CT molecular complexity index is 637. The number of benzene rings is 1. The molecule has 1 aromatic heterocycles. The standard InChI is InChI=1S/C13H11BrN2O2S/c1-8-4-5-19-12(8)7-15-16-13(18)10-6-9(14)2-3-11(10)17/h2-7,17H,1H3,(H,16,18). The molecule has 0 saturated heterocycles. The minimum atomic E-state index is -0.454. The Kier molecular flexibility index (Phi) is 4.34. The molecule has 2 N–H and O–H groups in total. The van der Waals surface area contributed by atoms with Crippen molar-refractivity contribution in [1.29, 1.82) is 0 Å². The topological polar surface area (TPSA) is 61.7 Å². The quantitative estimate of drug-likeness (QED) is 0.666. The molecule has 98 valence electrons. The van der Waals surface area contributed by atoms with Crippen molar-refractivity contribution in [2.75, 3.05) is 0 Å². The van der Waals surface area contributed by atoms with Crippen molar-refractivity contribution in [3.05, 3.63) is 50.1 Å². The minimum absolute atomic E-state index is 0.0804. The van der Waals surface area contributed by atoms with Gasteiger partial charge in [-0.15, -0.1) is 11.3 Å². The molecule has 0 aliphatic rings. The van der Waals surface area contributed by atoms with Crippen molar-refractivity contribution >= 4 is 39.4 Å². The lowest BCUT2D eigenvalue weighted by atomic mass is 10.2. The Balaban J connectivity index is 2.08. The van der Waals surface area contributed by atoms with E-state index in [4.69, 9.17) is 0 Å². The average Bonchev–Trinajstić information content (AvgIpc) is 2.78. The number of thiophene rings is 1. The Morgan fingerprint density at radius 1 is 1.47 bits per heavy atom. The third-order valence-corrected chi connectivity index (χ3v) is 3.90. The molecular formula is C13H11BrN2O2S. The van der Waals surface area contributed by atoms with Crippen LogP contribution in [-0.4, -0.2) is 17.2 Å². The fourth-order valence-electron chi connectivity index (χ4n) is 1.42. The Morgan fingerprint density at radius 2 is 2.26 bits per heavy atom. The van der Waals surface area contributed by atoms with Gasteiger partial charge in [-0.25, -0.2) is 5.43 Å². The van der Waals surface area contributed by atoms with Crippen LogP contribution in [0.5, 0.6) is 5.75 Å². The highest BCUT2D eigenvalue weighted by molar-refractivity contribution is 9.10. The second-order valence-corrected chi connectivity index (χ2v) is 5.69. The second-order valence-electron chi connectivity index (χ2n) is 3.83. The van der Waals surface area contributed by atoms with E-state index < -0.39 is 5.91 Å². The molecule has 0 fully saturated rings. The summed E-state index contributed by atoms with van der Waals surface area (Å²) in [6.45, 7) is 1.97. The van der Waals surface area contributed by atoms with Gasteiger partial charge in [0, 0.05) is 9.35 Å². The van der Waals surface area contributed by atoms with E-state index in [0.29, 0.717) is 4.47 Å². The van der Waals surface area contributed by atoms with Gasteiger partial charge in [0.05, 0.1) is 11.8 Å². The first-order chi connectivity index (χ1) is 9.08. The van der Waals surface area contributed by atoms with Gasteiger partial charge < -0.3 is 5.11 Å². The van der Waals surface area contributed by atoms with E-state index in [1.165, 1.54) is 12.1 Å². The van der Waals surface area contributed by atoms with Crippen molar-refractivity contribution < 1.29 is 9.90 Å². The van der Waals surface area contributed by atoms with Gasteiger partial charge in [0.15, 0.2) is 0 Å². The summed E-state index contributed by atoms with van der Waals surface area (Å²) in [4.78, 5) is 12.8. The maximum Gasteiger partial charge on any atom is 0.275 e. The molecule has 0 radical (unpaired) electrons. The molecule has 0 unspecified atom stereocenters. The summed E-state index contributed by atoms with van der Waals surface area (Å²) in [5.41, 5.74) is 3.67. The summed E-state index contributed by atoms with van der Waals surface area (Å²) in [6.07, 6.45) is 1.59. The van der Waals surface area contributed by atoms with Gasteiger partial charge in [0.1, 0.15) is 5.75 Å². The minimum Gasteiger partial charge on any atom is -0.507 e. The third kappa shape index (κ3) is 3.42. The molecule has 2 aromatic rings. The number of aromatic hydroxyl groups is 1. The van der Waals surface area contributed by atoms with Crippen molar-refractivity contribution in [2.45, 2.75) is 6.92 Å². The monoisotopic (exact) mass is 338 g/mol. The number of hydrazone groups is 1. The predicted molar refractivity (Wildman–Crippen MR) is 79.9 cm³/mol. The van der Waals surface area contributed by atoms with E-state index in [-0.39, 0.29) is 11.3 Å². The van der Waals surface area contributed by atoms with Crippen molar-refractivity contribution in [2.24, 2.45) is 5.10 Å². The lowest BCUT2D eigenvalue weighted by molar-refractivity contribution is 0.0952. The van der Waals surface area contributed by atoms with Crippen molar-refractivity contribution in [3.8, 4) is 5.75 Å². The van der Waals surface area contributed by atoms with Gasteiger partial charge in [-0.2, -0.15) is 5.10 Å². The SMILES string of the molecule is Cc1ccsc1C=NNC(=O)c1cc(Br)ccc1O. The number of phenols is 1. The smallest absolute Gasteiger partial charge is 0.275 e. The molecule has 1 heterocycles. The maximum atomic E-state index is 11.8. The normalized spacial score (nSPS) is 10.8. The molecule has 6 heteroatoms. The molecule has 19 heavy (non-hydrogen) atoms. The van der Waals surface area contributed by atoms with Crippen LogP contribution in [0, 0.1) is 6.92 Å². The highest BCUT2D eigenvalue weighted by Gasteiger charge is 2.10. The van der Waals surface area contributed by atoms with Crippen LogP contribution in [0.4, 0.5) is 0 Å². The zero-order valence-corrected chi connectivity index (χ0v) is 12.5. The predicted octanol–water partition coefficient (Wildman–Crippen LogP) is 3.29. The average molecular weight is 339 g/mol. The number of amides is 1. The van der Waals surface area contributed by atoms with Crippen LogP contribution < -0.4 is 5.43 Å². The number of nitrogens with zero attached hydrogens (tertiary/aromatic N) is 1. The molecule has 0 saturated carbocycles. The van der Waals surface area contributed by atoms with Crippen LogP contribution in [-0.2, 0) is 0 Å². The van der Waals surface area contributed by atoms with Crippen LogP contribution in [0.15, 0.2) is 39.2 Å². The molecule has 0 bridgehead atoms. The van der Waals surface area contributed by atoms with Crippen LogP contribution in [0.1, 0.15) is 20.8 Å². The zero-order valence-electron chi connectivity index (χ0n) is 10.1. The molecular weight excluding hydrogens is 328 g/mol. The Labute approximate surface area is 122 Å². The van der Waals surface area contributed by atoms with Gasteiger partial charge in [0.25, 0.3) is 5.91 Å². The van der Waals surface area contributed by atoms with E-state index in [9.17, 15) is 9.90 Å². The fourth-order valence-corrected chi connectivity index (χ4v) is 2.56. The van der Waals surface area contributed by atoms with E-state index in [0.717, 1.165) is 10.4 Å². The first-order valence-electron chi connectivity index (χ1n) is 5.44. The number of phenolic OH excluding ortho intramolecular Hbond substituents is 1. The van der Waals surface area contributed by atoms with E-state index >= 15 is 0 Å². The first kappa shape index (κ1) is 13.8. The summed E-state index contributed by atoms with van der Waals surface area (Å²) in [7, 11) is 0. The number of aryl methyl sites for hydroxylation is 1. The number of hydrogen-bond donors (Lipinski definition) is 2. The Hall–Kier alpha value is -1.66. The summed E-state index contributed by atoms with van der Waals surface area (Å²) >= 11 is 4.79. The maximum absolute atomic E-state index is 11.8. The van der Waals surface area contributed by atoms with Gasteiger partial charge in [-0.05, 0) is 42.1 Å². The van der Waals surface area contributed by atoms with Gasteiger partial charge in [-0.3, -0.25) is 4.79 Å². The number of nitrogens with one attached hydrogen (secondary N) is 1. The summed E-state index contributed by atoms with van der Waals surface area (Å²) in [6, 6.07) is 6.63. The van der Waals surface area contributed by atoms with E-state index in [1.54, 1.807) is 23.6 Å². The molecule has 1 amide bonds. The largest absolute Gasteiger partial charge is 0.507 e. The number of carbonyl (C=O) groups excluding carboxylic acids is 1. The Morgan fingerprint density at radius 3 is 2.95 bits per heavy atom. The van der Waals surface area contributed by atoms with Crippen LogP contribution in [0.25, 0.3) is 0 Å². The van der Waals surface area contributed by atoms with E-state index in [1.807, 2.05) is 18.4 Å². The summed E-state index contributed by atoms with van der Waals surface area (Å²) in [5, 5.41) is 15.4. The molecule has 0 aliphatic carbocycles. The fraction of sp³-hybridized carbons (Fsp3) is 0.0769. The highest BCUT2D eigenvalue weighted by Crippen LogP contribution is 2.21. The lowest BCUT2D eigenvalue weighted by Crippen LogP contribution is -2.17. The molecule has 0 spiro atoms. The molecule has 2 rings (SSSR count). The zero-order chi connectivity index (χ0) is 13.8. The summed E-state index contributed by atoms with van der Waals surface area (Å²) in [5.74, 6) is -0.535. The van der Waals surface area contributed by atoms with Crippen LogP contribution >= 0.6 is 27.3 Å². The van der Waals surface area contributed by atoms with Crippen molar-refractivity contribution in [1.82, 2.24) is 5.43 Å².